The first-order chi connectivity index (χ1) is 12.7. The first kappa shape index (κ1) is 19.9. The van der Waals surface area contributed by atoms with Crippen LogP contribution in [-0.4, -0.2) is 28.7 Å². The number of ether oxygens (including phenoxy) is 1. The maximum Gasteiger partial charge on any atom is 0.246 e. The van der Waals surface area contributed by atoms with Gasteiger partial charge in [0.15, 0.2) is 11.8 Å². The first-order valence-electron chi connectivity index (χ1n) is 9.22. The molecule has 2 aromatic rings. The fourth-order valence-corrected chi connectivity index (χ4v) is 4.00. The molecule has 0 saturated heterocycles. The van der Waals surface area contributed by atoms with Crippen molar-refractivity contribution in [1.29, 1.82) is 0 Å². The number of rotatable bonds is 3. The molecule has 146 valence electrons. The molecule has 1 spiro atoms. The summed E-state index contributed by atoms with van der Waals surface area (Å²) < 4.78 is 11.6. The van der Waals surface area contributed by atoms with Crippen LogP contribution in [0.15, 0.2) is 33.8 Å². The predicted octanol–water partition coefficient (Wildman–Crippen LogP) is 3.50. The van der Waals surface area contributed by atoms with E-state index in [1.54, 1.807) is 14.0 Å². The number of aryl methyl sites for hydroxylation is 1. The normalized spacial score (nSPS) is 20.5. The molecule has 1 saturated carbocycles. The quantitative estimate of drug-likeness (QED) is 0.395. The van der Waals surface area contributed by atoms with Gasteiger partial charge in [0, 0.05) is 19.0 Å². The van der Waals surface area contributed by atoms with Crippen LogP contribution < -0.4 is 15.4 Å². The summed E-state index contributed by atoms with van der Waals surface area (Å²) in [4.78, 5) is 8.57. The number of hydrogen-bond donors (Lipinski definition) is 2. The van der Waals surface area contributed by atoms with E-state index in [2.05, 4.69) is 44.0 Å². The van der Waals surface area contributed by atoms with E-state index in [1.807, 2.05) is 6.07 Å². The number of fused-ring (bicyclic) bond motifs is 1. The molecule has 0 bridgehead atoms. The maximum atomic E-state index is 6.42. The average molecular weight is 483 g/mol. The molecule has 0 amide bonds. The summed E-state index contributed by atoms with van der Waals surface area (Å²) in [5.41, 5.74) is 1.13. The number of nitrogens with one attached hydrogen (secondary N) is 2. The maximum absolute atomic E-state index is 6.42. The van der Waals surface area contributed by atoms with Gasteiger partial charge in [-0.2, -0.15) is 4.98 Å². The van der Waals surface area contributed by atoms with E-state index in [0.717, 1.165) is 31.0 Å². The number of aromatic nitrogens is 2. The van der Waals surface area contributed by atoms with Crippen LogP contribution in [0.2, 0.25) is 0 Å². The first-order valence-corrected chi connectivity index (χ1v) is 9.22. The van der Waals surface area contributed by atoms with E-state index in [1.165, 1.54) is 18.4 Å². The van der Waals surface area contributed by atoms with Crippen molar-refractivity contribution < 1.29 is 9.26 Å². The summed E-state index contributed by atoms with van der Waals surface area (Å²) in [6.45, 7) is 2.25. The smallest absolute Gasteiger partial charge is 0.246 e. The van der Waals surface area contributed by atoms with E-state index < -0.39 is 0 Å². The molecule has 1 aromatic heterocycles. The monoisotopic (exact) mass is 483 g/mol. The molecule has 7 nitrogen and oxygen atoms in total. The number of hydrogen-bond acceptors (Lipinski definition) is 5. The lowest BCUT2D eigenvalue weighted by Gasteiger charge is -2.40. The molecular formula is C19H26IN5O2. The molecule has 2 N–H and O–H groups in total. The van der Waals surface area contributed by atoms with Crippen LogP contribution >= 0.6 is 24.0 Å². The minimum atomic E-state index is -0.0472. The second-order valence-corrected chi connectivity index (χ2v) is 7.09. The van der Waals surface area contributed by atoms with Crippen LogP contribution in [0.4, 0.5) is 0 Å². The third kappa shape index (κ3) is 4.36. The highest BCUT2D eigenvalue weighted by Crippen LogP contribution is 2.46. The minimum Gasteiger partial charge on any atom is -0.487 e. The van der Waals surface area contributed by atoms with Crippen molar-refractivity contribution in [3.63, 3.8) is 0 Å². The van der Waals surface area contributed by atoms with Crippen molar-refractivity contribution in [3.05, 3.63) is 41.5 Å². The van der Waals surface area contributed by atoms with Crippen molar-refractivity contribution in [3.8, 4) is 5.75 Å². The largest absolute Gasteiger partial charge is 0.487 e. The number of nitrogens with zero attached hydrogens (tertiary/aromatic N) is 3. The lowest BCUT2D eigenvalue weighted by atomic mass is 9.86. The van der Waals surface area contributed by atoms with Gasteiger partial charge in [-0.25, -0.2) is 0 Å². The van der Waals surface area contributed by atoms with Gasteiger partial charge < -0.3 is 19.9 Å². The molecule has 2 aliphatic rings. The molecule has 1 unspecified atom stereocenters. The highest BCUT2D eigenvalue weighted by molar-refractivity contribution is 14.0. The Hall–Kier alpha value is -1.84. The summed E-state index contributed by atoms with van der Waals surface area (Å²) in [6, 6.07) is 8.45. The van der Waals surface area contributed by atoms with E-state index in [-0.39, 0.29) is 35.6 Å². The minimum absolute atomic E-state index is 0. The molecule has 1 atom stereocenters. The van der Waals surface area contributed by atoms with Crippen molar-refractivity contribution >= 4 is 29.9 Å². The zero-order valence-electron chi connectivity index (χ0n) is 15.7. The van der Waals surface area contributed by atoms with Gasteiger partial charge in [-0.15, -0.1) is 24.0 Å². The lowest BCUT2D eigenvalue weighted by Crippen LogP contribution is -2.46. The Labute approximate surface area is 176 Å². The van der Waals surface area contributed by atoms with Crippen LogP contribution in [0, 0.1) is 6.92 Å². The van der Waals surface area contributed by atoms with Crippen molar-refractivity contribution in [1.82, 2.24) is 20.8 Å². The molecular weight excluding hydrogens is 457 g/mol. The topological polar surface area (TPSA) is 84.6 Å². The second-order valence-electron chi connectivity index (χ2n) is 7.09. The van der Waals surface area contributed by atoms with Gasteiger partial charge in [0.25, 0.3) is 0 Å². The Bertz CT molecular complexity index is 801. The Balaban J connectivity index is 0.00000210. The summed E-state index contributed by atoms with van der Waals surface area (Å²) in [5.74, 6) is 2.88. The summed E-state index contributed by atoms with van der Waals surface area (Å²) in [7, 11) is 1.77. The van der Waals surface area contributed by atoms with Crippen LogP contribution in [-0.2, 0) is 6.54 Å². The Morgan fingerprint density at radius 3 is 2.78 bits per heavy atom. The van der Waals surface area contributed by atoms with Gasteiger partial charge in [-0.3, -0.25) is 4.99 Å². The van der Waals surface area contributed by atoms with Gasteiger partial charge >= 0.3 is 0 Å². The van der Waals surface area contributed by atoms with E-state index >= 15 is 0 Å². The van der Waals surface area contributed by atoms with Gasteiger partial charge in [-0.1, -0.05) is 23.4 Å². The van der Waals surface area contributed by atoms with Gasteiger partial charge in [0.05, 0.1) is 12.6 Å². The van der Waals surface area contributed by atoms with Gasteiger partial charge in [0.1, 0.15) is 11.4 Å². The molecule has 1 fully saturated rings. The van der Waals surface area contributed by atoms with Crippen LogP contribution in [0.3, 0.4) is 0 Å². The Morgan fingerprint density at radius 1 is 1.30 bits per heavy atom. The summed E-state index contributed by atoms with van der Waals surface area (Å²) in [6.07, 6.45) is 5.65. The predicted molar refractivity (Wildman–Crippen MR) is 113 cm³/mol. The van der Waals surface area contributed by atoms with E-state index in [4.69, 9.17) is 9.26 Å². The highest BCUT2D eigenvalue weighted by Gasteiger charge is 2.43. The van der Waals surface area contributed by atoms with E-state index in [9.17, 15) is 0 Å². The zero-order valence-corrected chi connectivity index (χ0v) is 18.0. The number of guanidine groups is 1. The molecule has 8 heteroatoms. The summed E-state index contributed by atoms with van der Waals surface area (Å²) >= 11 is 0. The highest BCUT2D eigenvalue weighted by atomic mass is 127. The molecule has 1 aliphatic carbocycles. The Morgan fingerprint density at radius 2 is 2.07 bits per heavy atom. The molecule has 0 radical (unpaired) electrons. The number of para-hydroxylation sites is 1. The summed E-state index contributed by atoms with van der Waals surface area (Å²) in [5, 5.41) is 10.6. The third-order valence-electron chi connectivity index (χ3n) is 5.22. The lowest BCUT2D eigenvalue weighted by molar-refractivity contribution is 0.0396. The fraction of sp³-hybridized carbons (Fsp3) is 0.526. The standard InChI is InChI=1S/C19H25N5O2.HI/c1-13-22-17(26-24-13)12-21-18(20-2)23-15-11-19(9-5-6-10-19)25-16-8-4-3-7-14(15)16;/h3-4,7-8,15H,5-6,9-12H2,1-2H3,(H2,20,21,23);1H. The molecule has 1 aliphatic heterocycles. The van der Waals surface area contributed by atoms with Crippen molar-refractivity contribution in [2.75, 3.05) is 7.05 Å². The average Bonchev–Trinajstić information content (AvgIpc) is 3.27. The van der Waals surface area contributed by atoms with Crippen LogP contribution in [0.25, 0.3) is 0 Å². The van der Waals surface area contributed by atoms with E-state index in [0.29, 0.717) is 18.3 Å². The SMILES string of the molecule is CN=C(NCc1nc(C)no1)NC1CC2(CCCC2)Oc2ccccc21.I. The van der Waals surface area contributed by atoms with Crippen molar-refractivity contribution in [2.45, 2.75) is 57.2 Å². The molecule has 2 heterocycles. The van der Waals surface area contributed by atoms with Gasteiger partial charge in [0.2, 0.25) is 5.89 Å². The Kier molecular flexibility index (Phi) is 6.23. The fourth-order valence-electron chi connectivity index (χ4n) is 4.00. The van der Waals surface area contributed by atoms with Gasteiger partial charge in [-0.05, 0) is 38.7 Å². The van der Waals surface area contributed by atoms with Crippen LogP contribution in [0.5, 0.6) is 5.75 Å². The number of benzene rings is 1. The van der Waals surface area contributed by atoms with Crippen molar-refractivity contribution in [2.24, 2.45) is 4.99 Å². The molecule has 1 aromatic carbocycles. The van der Waals surface area contributed by atoms with Crippen LogP contribution in [0.1, 0.15) is 55.4 Å². The molecule has 4 rings (SSSR count). The third-order valence-corrected chi connectivity index (χ3v) is 5.22. The second kappa shape index (κ2) is 8.45. The zero-order chi connectivity index (χ0) is 18.0. The number of aliphatic imine (C=N–C) groups is 1. The molecule has 27 heavy (non-hydrogen) atoms. The number of halogens is 1.